The second kappa shape index (κ2) is 4.18. The van der Waals surface area contributed by atoms with Gasteiger partial charge in [-0.1, -0.05) is 13.0 Å². The van der Waals surface area contributed by atoms with Crippen LogP contribution in [0.4, 0.5) is 4.39 Å². The third kappa shape index (κ3) is 1.98. The van der Waals surface area contributed by atoms with Gasteiger partial charge in [-0.15, -0.1) is 11.3 Å². The zero-order chi connectivity index (χ0) is 12.8. The molecule has 1 N–H and O–H groups in total. The van der Waals surface area contributed by atoms with Crippen LogP contribution in [-0.4, -0.2) is 5.11 Å². The molecule has 3 heteroatoms. The van der Waals surface area contributed by atoms with Crippen LogP contribution in [0.5, 0.6) is 0 Å². The van der Waals surface area contributed by atoms with Crippen LogP contribution in [0.1, 0.15) is 30.2 Å². The molecule has 1 aliphatic carbocycles. The third-order valence-corrected chi connectivity index (χ3v) is 5.13. The molecule has 1 heterocycles. The molecule has 94 valence electrons. The smallest absolute Gasteiger partial charge is 0.123 e. The van der Waals surface area contributed by atoms with E-state index in [1.807, 2.05) is 0 Å². The Morgan fingerprint density at radius 2 is 2.06 bits per heavy atom. The van der Waals surface area contributed by atoms with Crippen LogP contribution in [0.2, 0.25) is 0 Å². The van der Waals surface area contributed by atoms with Gasteiger partial charge >= 0.3 is 0 Å². The van der Waals surface area contributed by atoms with Gasteiger partial charge < -0.3 is 5.11 Å². The third-order valence-electron chi connectivity index (χ3n) is 3.70. The fourth-order valence-corrected chi connectivity index (χ4v) is 3.44. The second-order valence-corrected chi connectivity index (χ2v) is 6.27. The average molecular weight is 262 g/mol. The van der Waals surface area contributed by atoms with E-state index in [4.69, 9.17) is 0 Å². The van der Waals surface area contributed by atoms with E-state index in [1.54, 1.807) is 17.4 Å². The SMILES string of the molecule is CC1(c2ccc(-c3ccc(F)cc3CO)s2)CC1. The largest absolute Gasteiger partial charge is 0.392 e. The predicted molar refractivity (Wildman–Crippen MR) is 72.2 cm³/mol. The Hall–Kier alpha value is -1.19. The molecule has 0 amide bonds. The molecule has 0 spiro atoms. The number of rotatable bonds is 3. The molecule has 1 aromatic heterocycles. The second-order valence-electron chi connectivity index (χ2n) is 5.18. The maximum Gasteiger partial charge on any atom is 0.123 e. The van der Waals surface area contributed by atoms with Crippen molar-refractivity contribution in [2.45, 2.75) is 31.8 Å². The number of halogens is 1. The summed E-state index contributed by atoms with van der Waals surface area (Å²) in [4.78, 5) is 2.51. The van der Waals surface area contributed by atoms with Crippen LogP contribution in [0, 0.1) is 5.82 Å². The lowest BCUT2D eigenvalue weighted by atomic mass is 10.1. The van der Waals surface area contributed by atoms with Crippen LogP contribution in [0.3, 0.4) is 0 Å². The van der Waals surface area contributed by atoms with Crippen molar-refractivity contribution in [3.05, 3.63) is 46.6 Å². The van der Waals surface area contributed by atoms with E-state index < -0.39 is 0 Å². The lowest BCUT2D eigenvalue weighted by Crippen LogP contribution is -1.94. The fourth-order valence-electron chi connectivity index (χ4n) is 2.17. The number of aliphatic hydroxyl groups is 1. The minimum Gasteiger partial charge on any atom is -0.392 e. The first-order valence-corrected chi connectivity index (χ1v) is 6.94. The van der Waals surface area contributed by atoms with Crippen LogP contribution >= 0.6 is 11.3 Å². The Kier molecular flexibility index (Phi) is 2.76. The van der Waals surface area contributed by atoms with Gasteiger partial charge in [0.2, 0.25) is 0 Å². The van der Waals surface area contributed by atoms with Gasteiger partial charge in [-0.25, -0.2) is 4.39 Å². The van der Waals surface area contributed by atoms with Gasteiger partial charge in [0.05, 0.1) is 6.61 Å². The lowest BCUT2D eigenvalue weighted by Gasteiger charge is -2.06. The number of hydrogen-bond acceptors (Lipinski definition) is 2. The number of hydrogen-bond donors (Lipinski definition) is 1. The van der Waals surface area contributed by atoms with E-state index in [0.29, 0.717) is 11.0 Å². The highest BCUT2D eigenvalue weighted by atomic mass is 32.1. The normalized spacial score (nSPS) is 16.8. The number of aliphatic hydroxyl groups excluding tert-OH is 1. The van der Waals surface area contributed by atoms with Gasteiger partial charge in [0, 0.05) is 15.2 Å². The molecule has 0 bridgehead atoms. The minimum atomic E-state index is -0.297. The van der Waals surface area contributed by atoms with Gasteiger partial charge in [0.15, 0.2) is 0 Å². The van der Waals surface area contributed by atoms with E-state index in [-0.39, 0.29) is 12.4 Å². The van der Waals surface area contributed by atoms with Crippen LogP contribution in [-0.2, 0) is 12.0 Å². The van der Waals surface area contributed by atoms with Crippen molar-refractivity contribution >= 4 is 11.3 Å². The topological polar surface area (TPSA) is 20.2 Å². The lowest BCUT2D eigenvalue weighted by molar-refractivity contribution is 0.282. The molecule has 0 radical (unpaired) electrons. The van der Waals surface area contributed by atoms with Crippen molar-refractivity contribution in [3.63, 3.8) is 0 Å². The summed E-state index contributed by atoms with van der Waals surface area (Å²) in [6.45, 7) is 2.15. The van der Waals surface area contributed by atoms with E-state index >= 15 is 0 Å². The van der Waals surface area contributed by atoms with Crippen molar-refractivity contribution in [2.75, 3.05) is 0 Å². The summed E-state index contributed by atoms with van der Waals surface area (Å²) in [7, 11) is 0. The van der Waals surface area contributed by atoms with Gasteiger partial charge in [-0.2, -0.15) is 0 Å². The zero-order valence-corrected chi connectivity index (χ0v) is 11.1. The quantitative estimate of drug-likeness (QED) is 0.883. The maximum absolute atomic E-state index is 13.1. The monoisotopic (exact) mass is 262 g/mol. The van der Waals surface area contributed by atoms with Crippen molar-refractivity contribution in [3.8, 4) is 10.4 Å². The summed E-state index contributed by atoms with van der Waals surface area (Å²) in [5.41, 5.74) is 1.96. The maximum atomic E-state index is 13.1. The molecule has 0 atom stereocenters. The van der Waals surface area contributed by atoms with Crippen molar-refractivity contribution in [2.24, 2.45) is 0 Å². The Bertz CT molecular complexity index is 584. The molecule has 3 rings (SSSR count). The molecule has 1 aliphatic rings. The molecule has 18 heavy (non-hydrogen) atoms. The summed E-state index contributed by atoms with van der Waals surface area (Å²) < 4.78 is 13.1. The Labute approximate surface area is 110 Å². The molecule has 0 aliphatic heterocycles. The van der Waals surface area contributed by atoms with Gasteiger partial charge in [0.1, 0.15) is 5.82 Å². The average Bonchev–Trinajstić information content (AvgIpc) is 2.93. The van der Waals surface area contributed by atoms with Crippen LogP contribution in [0.15, 0.2) is 30.3 Å². The van der Waals surface area contributed by atoms with Gasteiger partial charge in [0.25, 0.3) is 0 Å². The van der Waals surface area contributed by atoms with Crippen molar-refractivity contribution in [1.82, 2.24) is 0 Å². The molecule has 1 saturated carbocycles. The first kappa shape index (κ1) is 11.9. The highest BCUT2D eigenvalue weighted by Gasteiger charge is 2.40. The summed E-state index contributed by atoms with van der Waals surface area (Å²) in [5, 5.41) is 9.32. The summed E-state index contributed by atoms with van der Waals surface area (Å²) in [6, 6.07) is 8.86. The van der Waals surface area contributed by atoms with Gasteiger partial charge in [-0.05, 0) is 48.2 Å². The predicted octanol–water partition coefficient (Wildman–Crippen LogP) is 4.10. The van der Waals surface area contributed by atoms with Crippen molar-refractivity contribution in [1.29, 1.82) is 0 Å². The first-order valence-electron chi connectivity index (χ1n) is 6.12. The minimum absolute atomic E-state index is 0.127. The van der Waals surface area contributed by atoms with Crippen molar-refractivity contribution < 1.29 is 9.50 Å². The molecule has 0 unspecified atom stereocenters. The summed E-state index contributed by atoms with van der Waals surface area (Å²) in [5.74, 6) is -0.297. The van der Waals surface area contributed by atoms with E-state index in [0.717, 1.165) is 10.4 Å². The number of thiophene rings is 1. The molecule has 0 saturated heterocycles. The Morgan fingerprint density at radius 3 is 2.72 bits per heavy atom. The molecular formula is C15H15FOS. The zero-order valence-electron chi connectivity index (χ0n) is 10.2. The Balaban J connectivity index is 2.01. The van der Waals surface area contributed by atoms with Crippen LogP contribution in [0.25, 0.3) is 10.4 Å². The highest BCUT2D eigenvalue weighted by Crippen LogP contribution is 2.51. The van der Waals surface area contributed by atoms with Crippen LogP contribution < -0.4 is 0 Å². The highest BCUT2D eigenvalue weighted by molar-refractivity contribution is 7.15. The van der Waals surface area contributed by atoms with E-state index in [1.165, 1.54) is 29.9 Å². The molecule has 1 fully saturated rings. The molecular weight excluding hydrogens is 247 g/mol. The first-order chi connectivity index (χ1) is 8.62. The standard InChI is InChI=1S/C15H15FOS/c1-15(6-7-15)14-5-4-13(18-14)12-3-2-11(16)8-10(12)9-17/h2-5,8,17H,6-7,9H2,1H3. The van der Waals surface area contributed by atoms with E-state index in [9.17, 15) is 9.50 Å². The molecule has 1 nitrogen and oxygen atoms in total. The number of benzene rings is 1. The van der Waals surface area contributed by atoms with E-state index in [2.05, 4.69) is 19.1 Å². The summed E-state index contributed by atoms with van der Waals surface area (Å²) >= 11 is 1.76. The Morgan fingerprint density at radius 1 is 1.28 bits per heavy atom. The molecule has 2 aromatic rings. The fraction of sp³-hybridized carbons (Fsp3) is 0.333. The summed E-state index contributed by atoms with van der Waals surface area (Å²) in [6.07, 6.45) is 2.51. The molecule has 1 aromatic carbocycles. The van der Waals surface area contributed by atoms with Gasteiger partial charge in [-0.3, -0.25) is 0 Å².